The van der Waals surface area contributed by atoms with Crippen LogP contribution in [0.1, 0.15) is 47.7 Å². The molecule has 0 unspecified atom stereocenters. The number of hydrogen-bond acceptors (Lipinski definition) is 6. The maximum absolute atomic E-state index is 14.9. The van der Waals surface area contributed by atoms with Crippen LogP contribution in [0.3, 0.4) is 0 Å². The Morgan fingerprint density at radius 1 is 1.02 bits per heavy atom. The fraction of sp³-hybridized carbons (Fsp3) is 0.389. The molecule has 1 spiro atoms. The highest BCUT2D eigenvalue weighted by Crippen LogP contribution is 2.43. The molecule has 3 fully saturated rings. The second kappa shape index (κ2) is 10.8. The number of anilines is 2. The zero-order chi connectivity index (χ0) is 31.6. The standard InChI is InChI=1S/C36H37FN6O3/c1-21-31(22(2)42-41-21)24-5-8-27(9-6-24)39-33(44)32(40-34(45)36(37)12-13-36)28-10-7-23-3-4-25(15-29(23)28)26-11-14-38-30(16-26)43-17-35(18-43)19-46-20-35/h3-6,8-9,11,14-16,28,32H,7,10,12-13,17-20H2,1-2H3,(H,39,44)(H,40,45)(H,41,42)/t28-,32+/m1/s1. The number of amides is 2. The molecule has 10 heteroatoms. The Morgan fingerprint density at radius 2 is 1.76 bits per heavy atom. The number of fused-ring (bicyclic) bond motifs is 1. The van der Waals surface area contributed by atoms with Crippen LogP contribution in [0.4, 0.5) is 15.9 Å². The molecular weight excluding hydrogens is 583 g/mol. The lowest BCUT2D eigenvalue weighted by molar-refractivity contribution is -0.131. The van der Waals surface area contributed by atoms with Gasteiger partial charge in [-0.2, -0.15) is 5.10 Å². The van der Waals surface area contributed by atoms with Crippen molar-refractivity contribution in [2.75, 3.05) is 36.5 Å². The van der Waals surface area contributed by atoms with Gasteiger partial charge in [-0.15, -0.1) is 0 Å². The maximum atomic E-state index is 14.9. The molecule has 2 atom stereocenters. The molecule has 4 aliphatic rings. The lowest BCUT2D eigenvalue weighted by Gasteiger charge is -2.55. The van der Waals surface area contributed by atoms with E-state index in [-0.39, 0.29) is 30.1 Å². The molecule has 2 saturated heterocycles. The van der Waals surface area contributed by atoms with Crippen LogP contribution in [0.2, 0.25) is 0 Å². The molecule has 3 N–H and O–H groups in total. The van der Waals surface area contributed by atoms with Gasteiger partial charge in [0.2, 0.25) is 5.91 Å². The Morgan fingerprint density at radius 3 is 2.43 bits per heavy atom. The third-order valence-corrected chi connectivity index (χ3v) is 10.2. The summed E-state index contributed by atoms with van der Waals surface area (Å²) in [5.74, 6) is -0.422. The van der Waals surface area contributed by atoms with Crippen LogP contribution >= 0.6 is 0 Å². The molecule has 2 amide bonds. The average molecular weight is 621 g/mol. The molecule has 4 aromatic rings. The van der Waals surface area contributed by atoms with Crippen LogP contribution in [0.5, 0.6) is 0 Å². The van der Waals surface area contributed by atoms with Gasteiger partial charge in [0, 0.05) is 42.1 Å². The number of ether oxygens (including phenoxy) is 1. The third kappa shape index (κ3) is 5.05. The van der Waals surface area contributed by atoms with Gasteiger partial charge < -0.3 is 20.3 Å². The predicted molar refractivity (Wildman–Crippen MR) is 173 cm³/mol. The molecule has 2 aromatic heterocycles. The largest absolute Gasteiger partial charge is 0.380 e. The number of H-pyrrole nitrogens is 1. The van der Waals surface area contributed by atoms with Crippen molar-refractivity contribution in [1.82, 2.24) is 20.5 Å². The van der Waals surface area contributed by atoms with E-state index in [9.17, 15) is 14.0 Å². The summed E-state index contributed by atoms with van der Waals surface area (Å²) in [5.41, 5.74) is 7.10. The van der Waals surface area contributed by atoms with Crippen LogP contribution in [0.15, 0.2) is 60.8 Å². The van der Waals surface area contributed by atoms with Crippen LogP contribution in [0.25, 0.3) is 22.3 Å². The monoisotopic (exact) mass is 620 g/mol. The molecule has 46 heavy (non-hydrogen) atoms. The van der Waals surface area contributed by atoms with Gasteiger partial charge in [0.05, 0.1) is 24.3 Å². The Bertz CT molecular complexity index is 1820. The van der Waals surface area contributed by atoms with Gasteiger partial charge in [-0.3, -0.25) is 14.7 Å². The first-order valence-corrected chi connectivity index (χ1v) is 16.1. The highest BCUT2D eigenvalue weighted by molar-refractivity contribution is 6.00. The van der Waals surface area contributed by atoms with Gasteiger partial charge in [0.15, 0.2) is 5.67 Å². The minimum absolute atomic E-state index is 0.183. The maximum Gasteiger partial charge on any atom is 0.258 e. The highest BCUT2D eigenvalue weighted by atomic mass is 19.1. The number of nitrogens with zero attached hydrogens (tertiary/aromatic N) is 3. The SMILES string of the molecule is Cc1n[nH]c(C)c1-c1ccc(NC(=O)[C@@H](NC(=O)C2(F)CC2)[C@@H]2CCc3ccc(-c4ccnc(N5CC6(COC6)C5)c4)cc32)cc1. The van der Waals surface area contributed by atoms with Crippen molar-refractivity contribution in [2.45, 2.75) is 57.2 Å². The van der Waals surface area contributed by atoms with E-state index in [4.69, 9.17) is 4.74 Å². The van der Waals surface area contributed by atoms with E-state index >= 15 is 0 Å². The first-order valence-electron chi connectivity index (χ1n) is 16.1. The van der Waals surface area contributed by atoms with E-state index in [0.29, 0.717) is 12.1 Å². The number of carbonyl (C=O) groups is 2. The summed E-state index contributed by atoms with van der Waals surface area (Å²) in [7, 11) is 0. The van der Waals surface area contributed by atoms with E-state index in [0.717, 1.165) is 83.3 Å². The predicted octanol–water partition coefficient (Wildman–Crippen LogP) is 5.25. The number of pyridine rings is 1. The van der Waals surface area contributed by atoms with Crippen molar-refractivity contribution >= 4 is 23.3 Å². The van der Waals surface area contributed by atoms with E-state index in [1.165, 1.54) is 0 Å². The Hall–Kier alpha value is -4.57. The van der Waals surface area contributed by atoms with E-state index in [1.807, 2.05) is 50.4 Å². The summed E-state index contributed by atoms with van der Waals surface area (Å²) in [6.45, 7) is 7.46. The fourth-order valence-corrected chi connectivity index (χ4v) is 7.30. The van der Waals surface area contributed by atoms with Crippen LogP contribution < -0.4 is 15.5 Å². The first kappa shape index (κ1) is 28.9. The number of benzene rings is 2. The molecule has 8 rings (SSSR count). The molecule has 1 saturated carbocycles. The molecule has 2 aromatic carbocycles. The topological polar surface area (TPSA) is 112 Å². The number of halogens is 1. The second-order valence-electron chi connectivity index (χ2n) is 13.6. The van der Waals surface area contributed by atoms with Crippen molar-refractivity contribution in [1.29, 1.82) is 0 Å². The highest BCUT2D eigenvalue weighted by Gasteiger charge is 2.52. The molecule has 2 aliphatic heterocycles. The number of nitrogens with one attached hydrogen (secondary N) is 3. The number of alkyl halides is 1. The minimum atomic E-state index is -1.89. The molecular formula is C36H37FN6O3. The molecule has 2 aliphatic carbocycles. The van der Waals surface area contributed by atoms with Crippen molar-refractivity contribution in [3.63, 3.8) is 0 Å². The third-order valence-electron chi connectivity index (χ3n) is 10.2. The van der Waals surface area contributed by atoms with Crippen molar-refractivity contribution in [3.05, 3.63) is 83.3 Å². The van der Waals surface area contributed by atoms with E-state index < -0.39 is 17.6 Å². The number of aromatic nitrogens is 3. The quantitative estimate of drug-likeness (QED) is 0.248. The van der Waals surface area contributed by atoms with Gasteiger partial charge in [-0.25, -0.2) is 9.37 Å². The van der Waals surface area contributed by atoms with Gasteiger partial charge in [0.25, 0.3) is 5.91 Å². The zero-order valence-corrected chi connectivity index (χ0v) is 26.0. The molecule has 0 bridgehead atoms. The smallest absolute Gasteiger partial charge is 0.258 e. The normalized spacial score (nSPS) is 20.8. The van der Waals surface area contributed by atoms with Crippen LogP contribution in [0, 0.1) is 19.3 Å². The number of carbonyl (C=O) groups excluding carboxylic acids is 2. The lowest BCUT2D eigenvalue weighted by atomic mass is 9.78. The van der Waals surface area contributed by atoms with Crippen molar-refractivity contribution in [3.8, 4) is 22.3 Å². The summed E-state index contributed by atoms with van der Waals surface area (Å²) in [5, 5.41) is 13.1. The van der Waals surface area contributed by atoms with Gasteiger partial charge in [-0.1, -0.05) is 30.3 Å². The average Bonchev–Trinajstić information content (AvgIpc) is 3.49. The number of rotatable bonds is 8. The minimum Gasteiger partial charge on any atom is -0.380 e. The number of aryl methyl sites for hydroxylation is 3. The molecule has 9 nitrogen and oxygen atoms in total. The van der Waals surface area contributed by atoms with Gasteiger partial charge in [-0.05, 0) is 91.6 Å². The van der Waals surface area contributed by atoms with Crippen molar-refractivity contribution in [2.24, 2.45) is 5.41 Å². The summed E-state index contributed by atoms with van der Waals surface area (Å²) < 4.78 is 20.3. The number of hydrogen-bond donors (Lipinski definition) is 3. The first-order chi connectivity index (χ1) is 22.2. The summed E-state index contributed by atoms with van der Waals surface area (Å²) in [6.07, 6.45) is 3.65. The Labute approximate surface area is 266 Å². The fourth-order valence-electron chi connectivity index (χ4n) is 7.30. The molecule has 236 valence electrons. The van der Waals surface area contributed by atoms with Crippen LogP contribution in [-0.4, -0.2) is 65.0 Å². The van der Waals surface area contributed by atoms with Crippen molar-refractivity contribution < 1.29 is 18.7 Å². The van der Waals surface area contributed by atoms with E-state index in [2.05, 4.69) is 55.0 Å². The zero-order valence-electron chi connectivity index (χ0n) is 26.0. The molecule has 4 heterocycles. The summed E-state index contributed by atoms with van der Waals surface area (Å²) >= 11 is 0. The van der Waals surface area contributed by atoms with Crippen LogP contribution in [-0.2, 0) is 20.7 Å². The van der Waals surface area contributed by atoms with E-state index in [1.54, 1.807) is 0 Å². The lowest BCUT2D eigenvalue weighted by Crippen LogP contribution is -2.66. The summed E-state index contributed by atoms with van der Waals surface area (Å²) in [4.78, 5) is 33.8. The molecule has 0 radical (unpaired) electrons. The number of aromatic amines is 1. The van der Waals surface area contributed by atoms with Gasteiger partial charge >= 0.3 is 0 Å². The Balaban J connectivity index is 1.05. The van der Waals surface area contributed by atoms with Gasteiger partial charge in [0.1, 0.15) is 11.9 Å². The second-order valence-corrected chi connectivity index (χ2v) is 13.6. The Kier molecular flexibility index (Phi) is 6.75. The summed E-state index contributed by atoms with van der Waals surface area (Å²) in [6, 6.07) is 17.1.